The Labute approximate surface area is 113 Å². The molecule has 1 N–H and O–H groups in total. The molecular weight excluding hydrogens is 277 g/mol. The van der Waals surface area contributed by atoms with E-state index in [-0.39, 0.29) is 17.0 Å². The van der Waals surface area contributed by atoms with Crippen LogP contribution in [0, 0.1) is 17.5 Å². The van der Waals surface area contributed by atoms with Gasteiger partial charge < -0.3 is 5.11 Å². The molecule has 0 aliphatic heterocycles. The zero-order valence-corrected chi connectivity index (χ0v) is 10.5. The standard InChI is InChI=1S/C14H10ClF3O/c15-10-6-8(4-5-13(10)18)14(19)7-9-11(16)2-1-3-12(9)17/h1-6,14,19H,7H2. The van der Waals surface area contributed by atoms with E-state index in [0.29, 0.717) is 5.56 Å². The molecule has 0 spiro atoms. The third-order valence-corrected chi connectivity index (χ3v) is 3.08. The van der Waals surface area contributed by atoms with Crippen molar-refractivity contribution in [1.82, 2.24) is 0 Å². The number of hydrogen-bond acceptors (Lipinski definition) is 1. The highest BCUT2D eigenvalue weighted by Crippen LogP contribution is 2.25. The molecule has 1 unspecified atom stereocenters. The van der Waals surface area contributed by atoms with E-state index in [9.17, 15) is 18.3 Å². The summed E-state index contributed by atoms with van der Waals surface area (Å²) in [5.41, 5.74) is 0.0875. The summed E-state index contributed by atoms with van der Waals surface area (Å²) in [7, 11) is 0. The molecule has 0 heterocycles. The number of aliphatic hydroxyl groups excluding tert-OH is 1. The maximum Gasteiger partial charge on any atom is 0.141 e. The molecule has 100 valence electrons. The van der Waals surface area contributed by atoms with Gasteiger partial charge in [-0.05, 0) is 29.8 Å². The highest BCUT2D eigenvalue weighted by Gasteiger charge is 2.16. The lowest BCUT2D eigenvalue weighted by atomic mass is 10.0. The zero-order chi connectivity index (χ0) is 14.0. The molecule has 5 heteroatoms. The van der Waals surface area contributed by atoms with Gasteiger partial charge in [-0.2, -0.15) is 0 Å². The first kappa shape index (κ1) is 13.9. The van der Waals surface area contributed by atoms with Crippen LogP contribution in [0.1, 0.15) is 17.2 Å². The van der Waals surface area contributed by atoms with Gasteiger partial charge in [0.05, 0.1) is 11.1 Å². The molecule has 0 saturated heterocycles. The molecule has 1 nitrogen and oxygen atoms in total. The SMILES string of the molecule is OC(Cc1c(F)cccc1F)c1ccc(F)c(Cl)c1. The summed E-state index contributed by atoms with van der Waals surface area (Å²) in [5.74, 6) is -2.07. The molecule has 1 atom stereocenters. The predicted molar refractivity (Wildman–Crippen MR) is 66.4 cm³/mol. The van der Waals surface area contributed by atoms with Crippen molar-refractivity contribution in [2.75, 3.05) is 0 Å². The largest absolute Gasteiger partial charge is 0.388 e. The van der Waals surface area contributed by atoms with Crippen molar-refractivity contribution in [1.29, 1.82) is 0 Å². The van der Waals surface area contributed by atoms with Gasteiger partial charge in [-0.25, -0.2) is 13.2 Å². The third-order valence-electron chi connectivity index (χ3n) is 2.79. The summed E-state index contributed by atoms with van der Waals surface area (Å²) in [6, 6.07) is 7.13. The minimum atomic E-state index is -1.16. The van der Waals surface area contributed by atoms with Gasteiger partial charge in [0, 0.05) is 12.0 Å². The average molecular weight is 287 g/mol. The van der Waals surface area contributed by atoms with Gasteiger partial charge in [-0.15, -0.1) is 0 Å². The van der Waals surface area contributed by atoms with Crippen LogP contribution in [0.5, 0.6) is 0 Å². The predicted octanol–water partition coefficient (Wildman–Crippen LogP) is 4.03. The molecule has 0 saturated carbocycles. The molecule has 0 fully saturated rings. The summed E-state index contributed by atoms with van der Waals surface area (Å²) in [5, 5.41) is 9.78. The van der Waals surface area contributed by atoms with E-state index >= 15 is 0 Å². The minimum Gasteiger partial charge on any atom is -0.388 e. The van der Waals surface area contributed by atoms with Crippen molar-refractivity contribution in [2.45, 2.75) is 12.5 Å². The van der Waals surface area contributed by atoms with Gasteiger partial charge in [0.2, 0.25) is 0 Å². The van der Waals surface area contributed by atoms with E-state index in [2.05, 4.69) is 0 Å². The minimum absolute atomic E-state index is 0.148. The fraction of sp³-hybridized carbons (Fsp3) is 0.143. The number of hydrogen-bond donors (Lipinski definition) is 1. The Bertz CT molecular complexity index is 581. The lowest BCUT2D eigenvalue weighted by Gasteiger charge is -2.13. The van der Waals surface area contributed by atoms with Gasteiger partial charge in [-0.1, -0.05) is 23.7 Å². The van der Waals surface area contributed by atoms with Gasteiger partial charge in [0.25, 0.3) is 0 Å². The fourth-order valence-corrected chi connectivity index (χ4v) is 1.95. The van der Waals surface area contributed by atoms with E-state index in [1.165, 1.54) is 18.2 Å². The molecule has 2 rings (SSSR count). The maximum absolute atomic E-state index is 13.4. The van der Waals surface area contributed by atoms with E-state index in [1.54, 1.807) is 0 Å². The molecule has 0 amide bonds. The Balaban J connectivity index is 2.25. The van der Waals surface area contributed by atoms with Gasteiger partial charge in [-0.3, -0.25) is 0 Å². The molecule has 2 aromatic rings. The monoisotopic (exact) mass is 286 g/mol. The van der Waals surface area contributed by atoms with Crippen LogP contribution < -0.4 is 0 Å². The van der Waals surface area contributed by atoms with Crippen molar-refractivity contribution >= 4 is 11.6 Å². The van der Waals surface area contributed by atoms with Crippen LogP contribution in [0.2, 0.25) is 5.02 Å². The van der Waals surface area contributed by atoms with Crippen LogP contribution >= 0.6 is 11.6 Å². The third kappa shape index (κ3) is 3.08. The van der Waals surface area contributed by atoms with Gasteiger partial charge >= 0.3 is 0 Å². The van der Waals surface area contributed by atoms with E-state index in [0.717, 1.165) is 18.2 Å². The Hall–Kier alpha value is -1.52. The van der Waals surface area contributed by atoms with Crippen molar-refractivity contribution in [2.24, 2.45) is 0 Å². The van der Waals surface area contributed by atoms with Crippen molar-refractivity contribution in [3.05, 3.63) is 70.0 Å². The fourth-order valence-electron chi connectivity index (χ4n) is 1.76. The molecule has 0 aliphatic rings. The van der Waals surface area contributed by atoms with Crippen LogP contribution in [0.15, 0.2) is 36.4 Å². The van der Waals surface area contributed by atoms with Crippen LogP contribution in [0.3, 0.4) is 0 Å². The smallest absolute Gasteiger partial charge is 0.141 e. The topological polar surface area (TPSA) is 20.2 Å². The first-order valence-corrected chi connectivity index (χ1v) is 5.92. The lowest BCUT2D eigenvalue weighted by molar-refractivity contribution is 0.175. The second-order valence-corrected chi connectivity index (χ2v) is 4.50. The molecule has 0 bridgehead atoms. The van der Waals surface area contributed by atoms with E-state index in [1.807, 2.05) is 0 Å². The molecule has 19 heavy (non-hydrogen) atoms. The molecule has 0 aromatic heterocycles. The maximum atomic E-state index is 13.4. The van der Waals surface area contributed by atoms with Crippen molar-refractivity contribution < 1.29 is 18.3 Å². The van der Waals surface area contributed by atoms with Crippen LogP contribution in [0.25, 0.3) is 0 Å². The number of aliphatic hydroxyl groups is 1. The quantitative estimate of drug-likeness (QED) is 0.903. The Morgan fingerprint density at radius 3 is 2.21 bits per heavy atom. The Kier molecular flexibility index (Phi) is 4.12. The molecule has 0 radical (unpaired) electrons. The number of benzene rings is 2. The Morgan fingerprint density at radius 2 is 1.63 bits per heavy atom. The second-order valence-electron chi connectivity index (χ2n) is 4.09. The normalized spacial score (nSPS) is 12.5. The van der Waals surface area contributed by atoms with Crippen LogP contribution in [-0.2, 0) is 6.42 Å². The second kappa shape index (κ2) is 5.63. The number of rotatable bonds is 3. The van der Waals surface area contributed by atoms with Crippen LogP contribution in [0.4, 0.5) is 13.2 Å². The van der Waals surface area contributed by atoms with E-state index < -0.39 is 23.6 Å². The highest BCUT2D eigenvalue weighted by atomic mass is 35.5. The average Bonchev–Trinajstić information content (AvgIpc) is 2.37. The summed E-state index contributed by atoms with van der Waals surface area (Å²) in [6.45, 7) is 0. The molecule has 0 aliphatic carbocycles. The van der Waals surface area contributed by atoms with Crippen molar-refractivity contribution in [3.8, 4) is 0 Å². The zero-order valence-electron chi connectivity index (χ0n) is 9.71. The molecule has 2 aromatic carbocycles. The highest BCUT2D eigenvalue weighted by molar-refractivity contribution is 6.30. The summed E-state index contributed by atoms with van der Waals surface area (Å²) >= 11 is 5.59. The number of halogens is 4. The molecular formula is C14H10ClF3O. The van der Waals surface area contributed by atoms with Gasteiger partial charge in [0.1, 0.15) is 17.5 Å². The van der Waals surface area contributed by atoms with Crippen molar-refractivity contribution in [3.63, 3.8) is 0 Å². The summed E-state index contributed by atoms with van der Waals surface area (Å²) < 4.78 is 39.8. The lowest BCUT2D eigenvalue weighted by Crippen LogP contribution is -2.06. The Morgan fingerprint density at radius 1 is 1.00 bits per heavy atom. The first-order valence-electron chi connectivity index (χ1n) is 5.55. The van der Waals surface area contributed by atoms with Crippen LogP contribution in [-0.4, -0.2) is 5.11 Å². The summed E-state index contributed by atoms with van der Waals surface area (Å²) in [6.07, 6.45) is -1.41. The summed E-state index contributed by atoms with van der Waals surface area (Å²) in [4.78, 5) is 0. The first-order chi connectivity index (χ1) is 8.99. The van der Waals surface area contributed by atoms with E-state index in [4.69, 9.17) is 11.6 Å². The van der Waals surface area contributed by atoms with Gasteiger partial charge in [0.15, 0.2) is 0 Å².